The van der Waals surface area contributed by atoms with Gasteiger partial charge in [-0.25, -0.2) is 13.4 Å². The number of nitrogens with zero attached hydrogens (tertiary/aromatic N) is 3. The van der Waals surface area contributed by atoms with Gasteiger partial charge >= 0.3 is 0 Å². The number of hydrogen-bond acceptors (Lipinski definition) is 4. The molecular formula is C21H30IN5O2S. The molecular weight excluding hydrogens is 513 g/mol. The van der Waals surface area contributed by atoms with Crippen LogP contribution < -0.4 is 10.6 Å². The van der Waals surface area contributed by atoms with E-state index in [1.54, 1.807) is 28.7 Å². The highest BCUT2D eigenvalue weighted by atomic mass is 127. The maximum absolute atomic E-state index is 12.9. The number of pyridine rings is 1. The molecule has 2 aromatic rings. The number of piperidine rings is 1. The number of rotatable bonds is 7. The highest BCUT2D eigenvalue weighted by molar-refractivity contribution is 14.0. The largest absolute Gasteiger partial charge is 0.357 e. The summed E-state index contributed by atoms with van der Waals surface area (Å²) in [7, 11) is -3.43. The minimum atomic E-state index is -3.43. The van der Waals surface area contributed by atoms with E-state index in [0.29, 0.717) is 37.0 Å². The third kappa shape index (κ3) is 6.92. The van der Waals surface area contributed by atoms with Gasteiger partial charge in [-0.2, -0.15) is 4.31 Å². The van der Waals surface area contributed by atoms with Crippen molar-refractivity contribution >= 4 is 40.0 Å². The van der Waals surface area contributed by atoms with Crippen LogP contribution in [0.1, 0.15) is 37.4 Å². The summed E-state index contributed by atoms with van der Waals surface area (Å²) >= 11 is 0. The third-order valence-corrected chi connectivity index (χ3v) is 6.67. The molecule has 1 fully saturated rings. The SMILES string of the molecule is CCNC(=NCc1cccc(S(=O)(=O)N2CCCCC2)c1)NCc1ccccn1.I. The van der Waals surface area contributed by atoms with Crippen molar-refractivity contribution in [2.45, 2.75) is 44.2 Å². The summed E-state index contributed by atoms with van der Waals surface area (Å²) in [4.78, 5) is 9.23. The van der Waals surface area contributed by atoms with Crippen molar-refractivity contribution < 1.29 is 8.42 Å². The number of benzene rings is 1. The molecule has 1 saturated heterocycles. The molecule has 0 saturated carbocycles. The van der Waals surface area contributed by atoms with Crippen molar-refractivity contribution in [3.8, 4) is 0 Å². The Morgan fingerprint density at radius 1 is 1.10 bits per heavy atom. The van der Waals surface area contributed by atoms with Crippen LogP contribution in [0, 0.1) is 0 Å². The molecule has 7 nitrogen and oxygen atoms in total. The lowest BCUT2D eigenvalue weighted by Gasteiger charge is -2.26. The number of aliphatic imine (C=N–C) groups is 1. The maximum Gasteiger partial charge on any atom is 0.243 e. The fourth-order valence-electron chi connectivity index (χ4n) is 3.25. The van der Waals surface area contributed by atoms with Crippen LogP contribution in [-0.2, 0) is 23.1 Å². The zero-order valence-corrected chi connectivity index (χ0v) is 20.4. The second-order valence-electron chi connectivity index (χ2n) is 6.98. The van der Waals surface area contributed by atoms with Crippen molar-refractivity contribution in [3.05, 3.63) is 59.9 Å². The molecule has 1 aromatic heterocycles. The highest BCUT2D eigenvalue weighted by Crippen LogP contribution is 2.21. The highest BCUT2D eigenvalue weighted by Gasteiger charge is 2.25. The van der Waals surface area contributed by atoms with Crippen molar-refractivity contribution in [2.75, 3.05) is 19.6 Å². The van der Waals surface area contributed by atoms with Gasteiger partial charge in [0.15, 0.2) is 5.96 Å². The Hall–Kier alpha value is -1.72. The molecule has 0 amide bonds. The Morgan fingerprint density at radius 3 is 2.60 bits per heavy atom. The second kappa shape index (κ2) is 12.2. The Labute approximate surface area is 196 Å². The van der Waals surface area contributed by atoms with Crippen LogP contribution in [0.15, 0.2) is 58.5 Å². The molecule has 0 aliphatic carbocycles. The zero-order valence-electron chi connectivity index (χ0n) is 17.3. The predicted molar refractivity (Wildman–Crippen MR) is 130 cm³/mol. The Kier molecular flexibility index (Phi) is 9.99. The lowest BCUT2D eigenvalue weighted by molar-refractivity contribution is 0.346. The van der Waals surface area contributed by atoms with Crippen LogP contribution in [0.25, 0.3) is 0 Å². The van der Waals surface area contributed by atoms with Gasteiger partial charge in [0.1, 0.15) is 0 Å². The van der Waals surface area contributed by atoms with E-state index in [9.17, 15) is 8.42 Å². The zero-order chi connectivity index (χ0) is 20.5. The van der Waals surface area contributed by atoms with Gasteiger partial charge in [0, 0.05) is 25.8 Å². The molecule has 0 spiro atoms. The first-order valence-electron chi connectivity index (χ1n) is 10.1. The Morgan fingerprint density at radius 2 is 1.90 bits per heavy atom. The molecule has 3 rings (SSSR count). The van der Waals surface area contributed by atoms with Gasteiger partial charge in [0.05, 0.1) is 23.7 Å². The van der Waals surface area contributed by atoms with Crippen molar-refractivity contribution in [3.63, 3.8) is 0 Å². The first-order chi connectivity index (χ1) is 14.1. The van der Waals surface area contributed by atoms with Crippen molar-refractivity contribution in [1.29, 1.82) is 0 Å². The van der Waals surface area contributed by atoms with Gasteiger partial charge in [0.2, 0.25) is 10.0 Å². The van der Waals surface area contributed by atoms with Gasteiger partial charge < -0.3 is 10.6 Å². The van der Waals surface area contributed by atoms with Crippen LogP contribution in [0.2, 0.25) is 0 Å². The average Bonchev–Trinajstić information content (AvgIpc) is 2.77. The van der Waals surface area contributed by atoms with E-state index in [2.05, 4.69) is 20.6 Å². The van der Waals surface area contributed by atoms with E-state index in [1.165, 1.54) is 0 Å². The molecule has 30 heavy (non-hydrogen) atoms. The van der Waals surface area contributed by atoms with Crippen molar-refractivity contribution in [2.24, 2.45) is 4.99 Å². The normalized spacial score (nSPS) is 15.3. The first-order valence-corrected chi connectivity index (χ1v) is 11.5. The summed E-state index contributed by atoms with van der Waals surface area (Å²) in [6.45, 7) is 4.90. The topological polar surface area (TPSA) is 86.7 Å². The molecule has 0 atom stereocenters. The van der Waals surface area contributed by atoms with Gasteiger partial charge in [0.25, 0.3) is 0 Å². The van der Waals surface area contributed by atoms with Crippen LogP contribution in [0.4, 0.5) is 0 Å². The third-order valence-electron chi connectivity index (χ3n) is 4.78. The molecule has 1 aromatic carbocycles. The molecule has 0 radical (unpaired) electrons. The van der Waals surface area contributed by atoms with Gasteiger partial charge in [-0.15, -0.1) is 24.0 Å². The summed E-state index contributed by atoms with van der Waals surface area (Å²) in [5, 5.41) is 6.46. The van der Waals surface area contributed by atoms with Crippen molar-refractivity contribution in [1.82, 2.24) is 19.9 Å². The molecule has 1 aliphatic rings. The number of nitrogens with one attached hydrogen (secondary N) is 2. The molecule has 2 heterocycles. The van der Waals surface area contributed by atoms with E-state index >= 15 is 0 Å². The minimum Gasteiger partial charge on any atom is -0.357 e. The molecule has 2 N–H and O–H groups in total. The second-order valence-corrected chi connectivity index (χ2v) is 8.92. The summed E-state index contributed by atoms with van der Waals surface area (Å²) in [6, 6.07) is 12.9. The van der Waals surface area contributed by atoms with E-state index < -0.39 is 10.0 Å². The van der Waals surface area contributed by atoms with Gasteiger partial charge in [-0.05, 0) is 49.6 Å². The van der Waals surface area contributed by atoms with Crippen LogP contribution in [-0.4, -0.2) is 43.3 Å². The van der Waals surface area contributed by atoms with Gasteiger partial charge in [-0.1, -0.05) is 24.6 Å². The average molecular weight is 543 g/mol. The first kappa shape index (κ1) is 24.5. The minimum absolute atomic E-state index is 0. The summed E-state index contributed by atoms with van der Waals surface area (Å²) in [5.74, 6) is 0.669. The lowest BCUT2D eigenvalue weighted by atomic mass is 10.2. The molecule has 9 heteroatoms. The van der Waals surface area contributed by atoms with E-state index in [4.69, 9.17) is 0 Å². The molecule has 0 unspecified atom stereocenters. The van der Waals surface area contributed by atoms with E-state index in [0.717, 1.165) is 37.1 Å². The number of sulfonamides is 1. The predicted octanol–water partition coefficient (Wildman–Crippen LogP) is 3.13. The number of halogens is 1. The van der Waals surface area contributed by atoms with Crippen LogP contribution in [0.5, 0.6) is 0 Å². The molecule has 0 bridgehead atoms. The monoisotopic (exact) mass is 543 g/mol. The lowest BCUT2D eigenvalue weighted by Crippen LogP contribution is -2.37. The van der Waals surface area contributed by atoms with Crippen LogP contribution in [0.3, 0.4) is 0 Å². The standard InChI is InChI=1S/C21H29N5O2S.HI/c1-2-22-21(25-17-19-10-4-5-12-23-19)24-16-18-9-8-11-20(15-18)29(27,28)26-13-6-3-7-14-26;/h4-5,8-12,15H,2-3,6-7,13-14,16-17H2,1H3,(H2,22,24,25);1H. The van der Waals surface area contributed by atoms with Crippen LogP contribution >= 0.6 is 24.0 Å². The van der Waals surface area contributed by atoms with Gasteiger partial charge in [-0.3, -0.25) is 4.98 Å². The van der Waals surface area contributed by atoms with E-state index in [1.807, 2.05) is 31.2 Å². The fourth-order valence-corrected chi connectivity index (χ4v) is 4.84. The number of hydrogen-bond donors (Lipinski definition) is 2. The number of aromatic nitrogens is 1. The maximum atomic E-state index is 12.9. The Bertz CT molecular complexity index is 916. The quantitative estimate of drug-likeness (QED) is 0.319. The summed E-state index contributed by atoms with van der Waals surface area (Å²) < 4.78 is 27.4. The Balaban J connectivity index is 0.00000320. The van der Waals surface area contributed by atoms with E-state index in [-0.39, 0.29) is 24.0 Å². The molecule has 164 valence electrons. The molecule has 1 aliphatic heterocycles. The fraction of sp³-hybridized carbons (Fsp3) is 0.429. The summed E-state index contributed by atoms with van der Waals surface area (Å²) in [6.07, 6.45) is 4.71. The number of guanidine groups is 1. The summed E-state index contributed by atoms with van der Waals surface area (Å²) in [5.41, 5.74) is 1.78. The smallest absolute Gasteiger partial charge is 0.243 e.